The van der Waals surface area contributed by atoms with Crippen LogP contribution in [0.1, 0.15) is 10.4 Å². The zero-order chi connectivity index (χ0) is 15.1. The van der Waals surface area contributed by atoms with Gasteiger partial charge in [0, 0.05) is 39.9 Å². The molecule has 2 aromatic carbocycles. The molecule has 1 N–H and O–H groups in total. The first-order valence-electron chi connectivity index (χ1n) is 6.88. The lowest BCUT2D eigenvalue weighted by Crippen LogP contribution is -2.00. The number of rotatable bonds is 2. The van der Waals surface area contributed by atoms with Crippen molar-refractivity contribution in [3.8, 4) is 5.69 Å². The summed E-state index contributed by atoms with van der Waals surface area (Å²) in [5, 5.41) is 2.18. The molecule has 0 fully saturated rings. The van der Waals surface area contributed by atoms with Crippen LogP contribution in [-0.4, -0.2) is 27.6 Å². The molecule has 108 valence electrons. The van der Waals surface area contributed by atoms with Gasteiger partial charge >= 0.3 is 5.97 Å². The number of methoxy groups -OCH3 is 1. The van der Waals surface area contributed by atoms with E-state index in [4.69, 9.17) is 4.74 Å². The van der Waals surface area contributed by atoms with E-state index in [1.54, 1.807) is 18.6 Å². The lowest BCUT2D eigenvalue weighted by Gasteiger charge is -2.02. The minimum Gasteiger partial charge on any atom is -0.465 e. The summed E-state index contributed by atoms with van der Waals surface area (Å²) in [6, 6.07) is 11.7. The van der Waals surface area contributed by atoms with Crippen molar-refractivity contribution in [3.05, 3.63) is 60.7 Å². The summed E-state index contributed by atoms with van der Waals surface area (Å²) in [5.74, 6) is -0.334. The van der Waals surface area contributed by atoms with Crippen molar-refractivity contribution in [2.24, 2.45) is 0 Å². The second-order valence-electron chi connectivity index (χ2n) is 5.08. The summed E-state index contributed by atoms with van der Waals surface area (Å²) < 4.78 is 6.72. The second kappa shape index (κ2) is 4.73. The van der Waals surface area contributed by atoms with Crippen LogP contribution in [0, 0.1) is 0 Å². The van der Waals surface area contributed by atoms with Gasteiger partial charge in [-0.15, -0.1) is 0 Å². The molecule has 0 radical (unpaired) electrons. The first kappa shape index (κ1) is 12.6. The Morgan fingerprint density at radius 2 is 2.05 bits per heavy atom. The van der Waals surface area contributed by atoms with E-state index in [0.717, 1.165) is 27.5 Å². The number of aromatic amines is 1. The van der Waals surface area contributed by atoms with E-state index >= 15 is 0 Å². The quantitative estimate of drug-likeness (QED) is 0.576. The molecule has 0 spiro atoms. The maximum atomic E-state index is 11.6. The van der Waals surface area contributed by atoms with E-state index in [9.17, 15) is 4.79 Å². The lowest BCUT2D eigenvalue weighted by molar-refractivity contribution is 0.0601. The fraction of sp³-hybridized carbons (Fsp3) is 0.0588. The Kier molecular flexibility index (Phi) is 2.72. The average molecular weight is 291 g/mol. The van der Waals surface area contributed by atoms with Crippen molar-refractivity contribution in [1.29, 1.82) is 0 Å². The summed E-state index contributed by atoms with van der Waals surface area (Å²) >= 11 is 0. The van der Waals surface area contributed by atoms with Gasteiger partial charge in [0.05, 0.1) is 19.0 Å². The molecule has 0 unspecified atom stereocenters. The van der Waals surface area contributed by atoms with Crippen molar-refractivity contribution >= 4 is 27.8 Å². The molecular formula is C17H13N3O2. The van der Waals surface area contributed by atoms with E-state index in [-0.39, 0.29) is 5.97 Å². The third-order valence-corrected chi connectivity index (χ3v) is 3.81. The standard InChI is InChI=1S/C17H13N3O2/c1-22-17(21)11-2-4-13-14-9-12(20-7-6-18-10-20)3-5-15(14)19-16(13)8-11/h2-10,19H,1H3. The highest BCUT2D eigenvalue weighted by atomic mass is 16.5. The summed E-state index contributed by atoms with van der Waals surface area (Å²) in [7, 11) is 1.38. The zero-order valence-electron chi connectivity index (χ0n) is 11.9. The van der Waals surface area contributed by atoms with Gasteiger partial charge in [0.15, 0.2) is 0 Å². The van der Waals surface area contributed by atoms with Crippen LogP contribution >= 0.6 is 0 Å². The zero-order valence-corrected chi connectivity index (χ0v) is 11.9. The van der Waals surface area contributed by atoms with E-state index in [1.807, 2.05) is 35.0 Å². The minimum atomic E-state index is -0.334. The molecule has 0 aliphatic rings. The fourth-order valence-corrected chi connectivity index (χ4v) is 2.71. The number of hydrogen-bond acceptors (Lipinski definition) is 3. The maximum absolute atomic E-state index is 11.6. The largest absolute Gasteiger partial charge is 0.465 e. The summed E-state index contributed by atoms with van der Waals surface area (Å²) in [6.07, 6.45) is 5.43. The minimum absolute atomic E-state index is 0.334. The van der Waals surface area contributed by atoms with Crippen LogP contribution in [-0.2, 0) is 4.74 Å². The highest BCUT2D eigenvalue weighted by Gasteiger charge is 2.10. The molecular weight excluding hydrogens is 278 g/mol. The Balaban J connectivity index is 1.93. The smallest absolute Gasteiger partial charge is 0.337 e. The number of carbonyl (C=O) groups is 1. The fourth-order valence-electron chi connectivity index (χ4n) is 2.71. The molecule has 22 heavy (non-hydrogen) atoms. The number of aromatic nitrogens is 3. The Hall–Kier alpha value is -3.08. The average Bonchev–Trinajstić information content (AvgIpc) is 3.20. The topological polar surface area (TPSA) is 59.9 Å². The maximum Gasteiger partial charge on any atom is 0.337 e. The molecule has 4 aromatic rings. The first-order valence-corrected chi connectivity index (χ1v) is 6.88. The van der Waals surface area contributed by atoms with Crippen molar-refractivity contribution in [3.63, 3.8) is 0 Å². The van der Waals surface area contributed by atoms with Crippen molar-refractivity contribution < 1.29 is 9.53 Å². The molecule has 2 aromatic heterocycles. The second-order valence-corrected chi connectivity index (χ2v) is 5.08. The Bertz CT molecular complexity index is 984. The normalized spacial score (nSPS) is 11.1. The number of benzene rings is 2. The molecule has 0 saturated heterocycles. The molecule has 0 aliphatic carbocycles. The number of carbonyl (C=O) groups excluding carboxylic acids is 1. The van der Waals surface area contributed by atoms with Crippen LogP contribution in [0.4, 0.5) is 0 Å². The molecule has 0 bridgehead atoms. The van der Waals surface area contributed by atoms with Gasteiger partial charge in [-0.2, -0.15) is 0 Å². The van der Waals surface area contributed by atoms with Gasteiger partial charge in [-0.3, -0.25) is 0 Å². The van der Waals surface area contributed by atoms with Crippen LogP contribution in [0.5, 0.6) is 0 Å². The van der Waals surface area contributed by atoms with Crippen LogP contribution in [0.2, 0.25) is 0 Å². The monoisotopic (exact) mass is 291 g/mol. The van der Waals surface area contributed by atoms with Gasteiger partial charge in [0.2, 0.25) is 0 Å². The van der Waals surface area contributed by atoms with Crippen LogP contribution in [0.15, 0.2) is 55.1 Å². The van der Waals surface area contributed by atoms with Gasteiger partial charge in [0.1, 0.15) is 0 Å². The van der Waals surface area contributed by atoms with Gasteiger partial charge < -0.3 is 14.3 Å². The third kappa shape index (κ3) is 1.87. The highest BCUT2D eigenvalue weighted by molar-refractivity contribution is 6.09. The molecule has 2 heterocycles. The molecule has 0 atom stereocenters. The predicted octanol–water partition coefficient (Wildman–Crippen LogP) is 3.29. The van der Waals surface area contributed by atoms with Gasteiger partial charge in [-0.25, -0.2) is 9.78 Å². The molecule has 0 amide bonds. The Labute approximate surface area is 126 Å². The van der Waals surface area contributed by atoms with Gasteiger partial charge in [-0.1, -0.05) is 6.07 Å². The predicted molar refractivity (Wildman–Crippen MR) is 84.3 cm³/mol. The molecule has 5 heteroatoms. The number of fused-ring (bicyclic) bond motifs is 3. The van der Waals surface area contributed by atoms with E-state index in [0.29, 0.717) is 5.56 Å². The molecule has 0 saturated carbocycles. The SMILES string of the molecule is COC(=O)c1ccc2c(c1)[nH]c1ccc(-n3ccnc3)cc12. The van der Waals surface area contributed by atoms with E-state index < -0.39 is 0 Å². The molecule has 4 rings (SSSR count). The highest BCUT2D eigenvalue weighted by Crippen LogP contribution is 2.28. The molecule has 0 aliphatic heterocycles. The van der Waals surface area contributed by atoms with Crippen molar-refractivity contribution in [2.45, 2.75) is 0 Å². The number of esters is 1. The number of H-pyrrole nitrogens is 1. The van der Waals surface area contributed by atoms with E-state index in [1.165, 1.54) is 7.11 Å². The van der Waals surface area contributed by atoms with Gasteiger partial charge in [0.25, 0.3) is 0 Å². The van der Waals surface area contributed by atoms with Crippen LogP contribution < -0.4 is 0 Å². The molecule has 5 nitrogen and oxygen atoms in total. The van der Waals surface area contributed by atoms with Crippen molar-refractivity contribution in [2.75, 3.05) is 7.11 Å². The summed E-state index contributed by atoms with van der Waals surface area (Å²) in [4.78, 5) is 19.0. The number of nitrogens with one attached hydrogen (secondary N) is 1. The number of ether oxygens (including phenoxy) is 1. The Morgan fingerprint density at radius 1 is 1.14 bits per heavy atom. The summed E-state index contributed by atoms with van der Waals surface area (Å²) in [5.41, 5.74) is 3.53. The van der Waals surface area contributed by atoms with Gasteiger partial charge in [-0.05, 0) is 30.3 Å². The van der Waals surface area contributed by atoms with Crippen molar-refractivity contribution in [1.82, 2.24) is 14.5 Å². The van der Waals surface area contributed by atoms with E-state index in [2.05, 4.69) is 16.0 Å². The van der Waals surface area contributed by atoms with Crippen LogP contribution in [0.3, 0.4) is 0 Å². The number of hydrogen-bond donors (Lipinski definition) is 1. The third-order valence-electron chi connectivity index (χ3n) is 3.81. The lowest BCUT2D eigenvalue weighted by atomic mass is 10.1. The Morgan fingerprint density at radius 3 is 2.82 bits per heavy atom. The summed E-state index contributed by atoms with van der Waals surface area (Å²) in [6.45, 7) is 0. The number of nitrogens with zero attached hydrogens (tertiary/aromatic N) is 2. The first-order chi connectivity index (χ1) is 10.8. The van der Waals surface area contributed by atoms with Crippen LogP contribution in [0.25, 0.3) is 27.5 Å². The number of imidazole rings is 1.